The Balaban J connectivity index is 2.29. The molecule has 0 unspecified atom stereocenters. The van der Waals surface area contributed by atoms with Crippen LogP contribution in [0.3, 0.4) is 0 Å². The zero-order chi connectivity index (χ0) is 14.5. The lowest BCUT2D eigenvalue weighted by molar-refractivity contribution is 0.761. The smallest absolute Gasteiger partial charge is 0.343 e. The van der Waals surface area contributed by atoms with Crippen LogP contribution in [0, 0.1) is 0 Å². The molecule has 7 nitrogen and oxygen atoms in total. The number of anilines is 1. The lowest BCUT2D eigenvalue weighted by atomic mass is 10.3. The van der Waals surface area contributed by atoms with Gasteiger partial charge >= 0.3 is 5.69 Å². The van der Waals surface area contributed by atoms with Gasteiger partial charge in [-0.25, -0.2) is 19.9 Å². The summed E-state index contributed by atoms with van der Waals surface area (Å²) in [7, 11) is 1.67. The maximum atomic E-state index is 11.4. The fraction of sp³-hybridized carbons (Fsp3) is 0.500. The zero-order valence-electron chi connectivity index (χ0n) is 11.8. The summed E-state index contributed by atoms with van der Waals surface area (Å²) < 4.78 is 1.46. The predicted molar refractivity (Wildman–Crippen MR) is 78.1 cm³/mol. The van der Waals surface area contributed by atoms with Gasteiger partial charge in [-0.3, -0.25) is 4.57 Å². The summed E-state index contributed by atoms with van der Waals surface area (Å²) in [6.45, 7) is 4.91. The zero-order valence-corrected chi connectivity index (χ0v) is 12.6. The molecule has 0 aliphatic carbocycles. The van der Waals surface area contributed by atoms with E-state index in [1.54, 1.807) is 7.05 Å². The minimum atomic E-state index is -0.234. The number of nitrogens with zero attached hydrogens (tertiary/aromatic N) is 4. The molecule has 2 N–H and O–H groups in total. The number of aromatic nitrogens is 5. The molecule has 0 aromatic carbocycles. The average molecular weight is 294 g/mol. The molecular weight excluding hydrogens is 276 g/mol. The second-order valence-corrected chi connectivity index (χ2v) is 5.25. The molecule has 108 valence electrons. The van der Waals surface area contributed by atoms with Crippen LogP contribution in [-0.4, -0.2) is 31.3 Å². The minimum Gasteiger partial charge on any atom is -0.370 e. The van der Waals surface area contributed by atoms with Crippen molar-refractivity contribution in [2.75, 3.05) is 11.9 Å². The Labute approximate surface area is 121 Å². The second-order valence-electron chi connectivity index (χ2n) is 4.26. The third-order valence-electron chi connectivity index (χ3n) is 2.62. The number of rotatable bonds is 6. The minimum absolute atomic E-state index is 0.234. The normalized spacial score (nSPS) is 10.8. The molecule has 8 heteroatoms. The van der Waals surface area contributed by atoms with Gasteiger partial charge in [0.2, 0.25) is 0 Å². The molecule has 0 saturated heterocycles. The predicted octanol–water partition coefficient (Wildman–Crippen LogP) is 1.43. The largest absolute Gasteiger partial charge is 0.370 e. The Hall–Kier alpha value is -1.83. The van der Waals surface area contributed by atoms with Crippen LogP contribution in [0.5, 0.6) is 0 Å². The highest BCUT2D eigenvalue weighted by atomic mass is 32.2. The number of hydrogen-bond donors (Lipinski definition) is 2. The summed E-state index contributed by atoms with van der Waals surface area (Å²) >= 11 is 1.34. The van der Waals surface area contributed by atoms with E-state index in [0.29, 0.717) is 5.16 Å². The Bertz CT molecular complexity index is 611. The van der Waals surface area contributed by atoms with Crippen LogP contribution in [0.1, 0.15) is 26.1 Å². The van der Waals surface area contributed by atoms with Crippen molar-refractivity contribution in [3.05, 3.63) is 22.4 Å². The van der Waals surface area contributed by atoms with E-state index in [1.165, 1.54) is 16.3 Å². The highest BCUT2D eigenvalue weighted by Crippen LogP contribution is 2.24. The first-order valence-corrected chi connectivity index (χ1v) is 7.36. The van der Waals surface area contributed by atoms with Gasteiger partial charge in [-0.05, 0) is 25.1 Å². The molecule has 0 amide bonds. The molecular formula is C12H18N6OS. The Morgan fingerprint density at radius 1 is 1.40 bits per heavy atom. The molecule has 2 aromatic heterocycles. The van der Waals surface area contributed by atoms with Crippen molar-refractivity contribution in [3.8, 4) is 0 Å². The molecule has 0 aliphatic rings. The van der Waals surface area contributed by atoms with Crippen LogP contribution in [-0.2, 0) is 13.5 Å². The van der Waals surface area contributed by atoms with Crippen LogP contribution in [0.2, 0.25) is 0 Å². The first-order chi connectivity index (χ1) is 9.63. The molecule has 0 atom stereocenters. The molecule has 2 rings (SSSR count). The summed E-state index contributed by atoms with van der Waals surface area (Å²) in [5.74, 6) is 1.60. The molecule has 0 radical (unpaired) electrons. The monoisotopic (exact) mass is 294 g/mol. The summed E-state index contributed by atoms with van der Waals surface area (Å²) in [6.07, 6.45) is 1.81. The number of hydrogen-bond acceptors (Lipinski definition) is 6. The maximum absolute atomic E-state index is 11.4. The standard InChI is InChI=1S/C12H18N6OS/c1-4-6-8-14-9(13-5-2)7-10(15-8)20-12-17-16-11(19)18(12)3/h7H,4-6H2,1-3H3,(H,16,19)(H,13,14,15). The highest BCUT2D eigenvalue weighted by Gasteiger charge is 2.10. The lowest BCUT2D eigenvalue weighted by Crippen LogP contribution is -2.13. The van der Waals surface area contributed by atoms with E-state index >= 15 is 0 Å². The van der Waals surface area contributed by atoms with Crippen molar-refractivity contribution in [1.29, 1.82) is 0 Å². The summed E-state index contributed by atoms with van der Waals surface area (Å²) in [6, 6.07) is 1.87. The van der Waals surface area contributed by atoms with Crippen LogP contribution in [0.15, 0.2) is 21.0 Å². The Morgan fingerprint density at radius 3 is 2.80 bits per heavy atom. The molecule has 0 fully saturated rings. The van der Waals surface area contributed by atoms with Gasteiger partial charge in [-0.1, -0.05) is 6.92 Å². The van der Waals surface area contributed by atoms with Crippen molar-refractivity contribution in [1.82, 2.24) is 24.7 Å². The van der Waals surface area contributed by atoms with Gasteiger partial charge in [0.25, 0.3) is 0 Å². The summed E-state index contributed by atoms with van der Waals surface area (Å²) in [5.41, 5.74) is -0.234. The number of H-pyrrole nitrogens is 1. The van der Waals surface area contributed by atoms with Gasteiger partial charge in [0.15, 0.2) is 5.16 Å². The van der Waals surface area contributed by atoms with Gasteiger partial charge < -0.3 is 5.32 Å². The third kappa shape index (κ3) is 3.38. The van der Waals surface area contributed by atoms with Crippen molar-refractivity contribution in [3.63, 3.8) is 0 Å². The Kier molecular flexibility index (Phi) is 4.78. The quantitative estimate of drug-likeness (QED) is 0.784. The topological polar surface area (TPSA) is 88.5 Å². The Morgan fingerprint density at radius 2 is 2.20 bits per heavy atom. The highest BCUT2D eigenvalue weighted by molar-refractivity contribution is 7.99. The molecule has 20 heavy (non-hydrogen) atoms. The van der Waals surface area contributed by atoms with E-state index < -0.39 is 0 Å². The van der Waals surface area contributed by atoms with Crippen molar-refractivity contribution in [2.24, 2.45) is 7.05 Å². The van der Waals surface area contributed by atoms with Gasteiger partial charge in [-0.15, -0.1) is 5.10 Å². The second kappa shape index (κ2) is 6.56. The van der Waals surface area contributed by atoms with Crippen LogP contribution in [0.25, 0.3) is 0 Å². The van der Waals surface area contributed by atoms with Gasteiger partial charge in [0.1, 0.15) is 16.7 Å². The van der Waals surface area contributed by atoms with Gasteiger partial charge in [0, 0.05) is 26.1 Å². The van der Waals surface area contributed by atoms with Crippen molar-refractivity contribution in [2.45, 2.75) is 36.9 Å². The molecule has 2 heterocycles. The van der Waals surface area contributed by atoms with Gasteiger partial charge in [0.05, 0.1) is 0 Å². The van der Waals surface area contributed by atoms with Crippen LogP contribution in [0.4, 0.5) is 5.82 Å². The maximum Gasteiger partial charge on any atom is 0.343 e. The summed E-state index contributed by atoms with van der Waals surface area (Å²) in [4.78, 5) is 20.3. The van der Waals surface area contributed by atoms with E-state index in [2.05, 4.69) is 32.4 Å². The fourth-order valence-corrected chi connectivity index (χ4v) is 2.47. The molecule has 2 aromatic rings. The van der Waals surface area contributed by atoms with Gasteiger partial charge in [-0.2, -0.15) is 0 Å². The first-order valence-electron chi connectivity index (χ1n) is 6.55. The average Bonchev–Trinajstić information content (AvgIpc) is 2.71. The first kappa shape index (κ1) is 14.6. The van der Waals surface area contributed by atoms with E-state index in [9.17, 15) is 4.79 Å². The molecule has 0 bridgehead atoms. The van der Waals surface area contributed by atoms with Crippen LogP contribution >= 0.6 is 11.8 Å². The third-order valence-corrected chi connectivity index (χ3v) is 3.58. The number of aryl methyl sites for hydroxylation is 1. The molecule has 0 aliphatic heterocycles. The fourth-order valence-electron chi connectivity index (χ4n) is 1.65. The molecule has 0 spiro atoms. The van der Waals surface area contributed by atoms with E-state index in [1.807, 2.05) is 13.0 Å². The number of aromatic amines is 1. The van der Waals surface area contributed by atoms with E-state index in [-0.39, 0.29) is 5.69 Å². The van der Waals surface area contributed by atoms with E-state index in [0.717, 1.165) is 36.1 Å². The summed E-state index contributed by atoms with van der Waals surface area (Å²) in [5, 5.41) is 10.9. The van der Waals surface area contributed by atoms with E-state index in [4.69, 9.17) is 0 Å². The van der Waals surface area contributed by atoms with Crippen molar-refractivity contribution < 1.29 is 0 Å². The molecule has 0 saturated carbocycles. The lowest BCUT2D eigenvalue weighted by Gasteiger charge is -2.07. The van der Waals surface area contributed by atoms with Crippen LogP contribution < -0.4 is 11.0 Å². The SMILES string of the molecule is CCCc1nc(NCC)cc(Sc2n[nH]c(=O)n2C)n1. The van der Waals surface area contributed by atoms with Crippen molar-refractivity contribution >= 4 is 17.6 Å². The number of nitrogens with one attached hydrogen (secondary N) is 2.